The Morgan fingerprint density at radius 1 is 0.857 bits per heavy atom. The van der Waals surface area contributed by atoms with Gasteiger partial charge in [0.05, 0.1) is 0 Å². The molecule has 0 aromatic carbocycles. The van der Waals surface area contributed by atoms with Crippen molar-refractivity contribution in [2.24, 2.45) is 23.7 Å². The molecule has 1 N–H and O–H groups in total. The molecule has 1 aliphatic heterocycles. The lowest BCUT2D eigenvalue weighted by molar-refractivity contribution is -0.0649. The molecule has 1 saturated heterocycles. The van der Waals surface area contributed by atoms with Gasteiger partial charge in [-0.3, -0.25) is 0 Å². The van der Waals surface area contributed by atoms with Crippen LogP contribution < -0.4 is 5.32 Å². The summed E-state index contributed by atoms with van der Waals surface area (Å²) in [5.74, 6) is 4.40. The van der Waals surface area contributed by atoms with Gasteiger partial charge < -0.3 is 5.32 Å². The Labute approximate surface area is 86.6 Å². The van der Waals surface area contributed by atoms with Gasteiger partial charge in [-0.1, -0.05) is 0 Å². The van der Waals surface area contributed by atoms with Crippen LogP contribution in [0.25, 0.3) is 0 Å². The lowest BCUT2D eigenvalue weighted by Gasteiger charge is -2.60. The highest BCUT2D eigenvalue weighted by Gasteiger charge is 2.57. The van der Waals surface area contributed by atoms with Crippen LogP contribution in [-0.2, 0) is 0 Å². The summed E-state index contributed by atoms with van der Waals surface area (Å²) >= 11 is 0. The van der Waals surface area contributed by atoms with Crippen molar-refractivity contribution in [3.63, 3.8) is 0 Å². The molecule has 78 valence electrons. The second-order valence-corrected chi connectivity index (χ2v) is 6.38. The maximum absolute atomic E-state index is 3.92. The minimum absolute atomic E-state index is 0.646. The molecule has 1 heteroatoms. The molecule has 0 atom stereocenters. The van der Waals surface area contributed by atoms with Crippen molar-refractivity contribution in [1.82, 2.24) is 5.32 Å². The van der Waals surface area contributed by atoms with E-state index in [1.54, 1.807) is 32.1 Å². The molecule has 0 unspecified atom stereocenters. The minimum atomic E-state index is 0.646. The summed E-state index contributed by atoms with van der Waals surface area (Å²) in [5.41, 5.74) is 0.646. The van der Waals surface area contributed by atoms with E-state index in [1.165, 1.54) is 19.4 Å². The van der Waals surface area contributed by atoms with E-state index in [2.05, 4.69) is 5.32 Å². The summed E-state index contributed by atoms with van der Waals surface area (Å²) in [6.45, 7) is 1.31. The molecule has 4 aliphatic carbocycles. The molecule has 4 bridgehead atoms. The Kier molecular flexibility index (Phi) is 1.49. The van der Waals surface area contributed by atoms with E-state index < -0.39 is 0 Å². The van der Waals surface area contributed by atoms with E-state index in [0.29, 0.717) is 5.54 Å². The van der Waals surface area contributed by atoms with Crippen LogP contribution in [0.3, 0.4) is 0 Å². The van der Waals surface area contributed by atoms with E-state index in [4.69, 9.17) is 0 Å². The van der Waals surface area contributed by atoms with Gasteiger partial charge in [-0.2, -0.15) is 0 Å². The van der Waals surface area contributed by atoms with Gasteiger partial charge in [-0.15, -0.1) is 0 Å². The summed E-state index contributed by atoms with van der Waals surface area (Å²) in [4.78, 5) is 0. The molecule has 0 radical (unpaired) electrons. The minimum Gasteiger partial charge on any atom is -0.311 e. The molecule has 0 amide bonds. The van der Waals surface area contributed by atoms with E-state index in [1.807, 2.05) is 0 Å². The number of hydrogen-bond donors (Lipinski definition) is 1. The Morgan fingerprint density at radius 2 is 1.50 bits per heavy atom. The van der Waals surface area contributed by atoms with Crippen molar-refractivity contribution >= 4 is 0 Å². The fourth-order valence-corrected chi connectivity index (χ4v) is 5.51. The molecular formula is C13H21N. The van der Waals surface area contributed by atoms with Crippen LogP contribution in [0.2, 0.25) is 0 Å². The largest absolute Gasteiger partial charge is 0.311 e. The third-order valence-electron chi connectivity index (χ3n) is 5.82. The van der Waals surface area contributed by atoms with E-state index in [-0.39, 0.29) is 0 Å². The summed E-state index contributed by atoms with van der Waals surface area (Å²) in [7, 11) is 0. The summed E-state index contributed by atoms with van der Waals surface area (Å²) in [5, 5.41) is 3.92. The van der Waals surface area contributed by atoms with Crippen molar-refractivity contribution in [2.75, 3.05) is 6.54 Å². The van der Waals surface area contributed by atoms with Gasteiger partial charge in [0, 0.05) is 5.54 Å². The van der Waals surface area contributed by atoms with Gasteiger partial charge in [0.25, 0.3) is 0 Å². The number of rotatable bonds is 0. The highest BCUT2D eigenvalue weighted by atomic mass is 15.0. The van der Waals surface area contributed by atoms with Crippen LogP contribution in [0.4, 0.5) is 0 Å². The smallest absolute Gasteiger partial charge is 0.0238 e. The Bertz CT molecular complexity index is 222. The Hall–Kier alpha value is -0.0400. The normalized spacial score (nSPS) is 60.0. The first-order valence-electron chi connectivity index (χ1n) is 6.62. The van der Waals surface area contributed by atoms with Crippen molar-refractivity contribution in [1.29, 1.82) is 0 Å². The van der Waals surface area contributed by atoms with Crippen molar-refractivity contribution in [2.45, 2.75) is 50.5 Å². The van der Waals surface area contributed by atoms with Gasteiger partial charge >= 0.3 is 0 Å². The summed E-state index contributed by atoms with van der Waals surface area (Å²) in [6.07, 6.45) is 10.8. The van der Waals surface area contributed by atoms with Gasteiger partial charge in [0.2, 0.25) is 0 Å². The average molecular weight is 191 g/mol. The van der Waals surface area contributed by atoms with Gasteiger partial charge in [0.15, 0.2) is 0 Å². The zero-order valence-electron chi connectivity index (χ0n) is 8.97. The standard InChI is InChI=1S/C13H21N/c1-2-13(14-3-1)11-5-9-4-10(7-11)8-12(13)6-9/h9-12,14H,1-8H2/t9-,10-,11-,12+,13?. The Morgan fingerprint density at radius 3 is 2.00 bits per heavy atom. The first-order chi connectivity index (χ1) is 6.87. The Balaban J connectivity index is 1.73. The van der Waals surface area contributed by atoms with Crippen LogP contribution in [-0.4, -0.2) is 12.1 Å². The van der Waals surface area contributed by atoms with Gasteiger partial charge in [-0.05, 0) is 75.2 Å². The maximum atomic E-state index is 3.92. The van der Waals surface area contributed by atoms with E-state index in [9.17, 15) is 0 Å². The lowest BCUT2D eigenvalue weighted by atomic mass is 9.48. The lowest BCUT2D eigenvalue weighted by Crippen LogP contribution is -2.62. The van der Waals surface area contributed by atoms with Crippen molar-refractivity contribution in [3.8, 4) is 0 Å². The molecule has 5 rings (SSSR count). The molecule has 5 fully saturated rings. The molecule has 5 aliphatic rings. The quantitative estimate of drug-likeness (QED) is 0.620. The average Bonchev–Trinajstić information content (AvgIpc) is 2.63. The van der Waals surface area contributed by atoms with Crippen molar-refractivity contribution < 1.29 is 0 Å². The summed E-state index contributed by atoms with van der Waals surface area (Å²) < 4.78 is 0. The molecule has 0 aromatic rings. The number of nitrogens with one attached hydrogen (secondary N) is 1. The van der Waals surface area contributed by atoms with E-state index in [0.717, 1.165) is 23.7 Å². The van der Waals surface area contributed by atoms with Crippen LogP contribution in [0.15, 0.2) is 0 Å². The first-order valence-corrected chi connectivity index (χ1v) is 6.62. The monoisotopic (exact) mass is 191 g/mol. The molecular weight excluding hydrogens is 170 g/mol. The second-order valence-electron chi connectivity index (χ2n) is 6.38. The van der Waals surface area contributed by atoms with Crippen LogP contribution in [0.5, 0.6) is 0 Å². The first kappa shape index (κ1) is 8.15. The van der Waals surface area contributed by atoms with Crippen LogP contribution >= 0.6 is 0 Å². The highest BCUT2D eigenvalue weighted by Crippen LogP contribution is 2.60. The zero-order chi connectivity index (χ0) is 9.17. The van der Waals surface area contributed by atoms with Crippen LogP contribution in [0.1, 0.15) is 44.9 Å². The van der Waals surface area contributed by atoms with Gasteiger partial charge in [-0.25, -0.2) is 0 Å². The van der Waals surface area contributed by atoms with E-state index >= 15 is 0 Å². The molecule has 14 heavy (non-hydrogen) atoms. The molecule has 4 saturated carbocycles. The highest BCUT2D eigenvalue weighted by molar-refractivity contribution is 5.12. The number of hydrogen-bond acceptors (Lipinski definition) is 1. The third kappa shape index (κ3) is 0.856. The molecule has 1 nitrogen and oxygen atoms in total. The SMILES string of the molecule is C1CNC2(C1)[C@H]1C[C@H]3C[C@H](C1)C[C@H]2C3. The van der Waals surface area contributed by atoms with Crippen molar-refractivity contribution in [3.05, 3.63) is 0 Å². The van der Waals surface area contributed by atoms with Gasteiger partial charge in [0.1, 0.15) is 0 Å². The second kappa shape index (κ2) is 2.55. The molecule has 0 aromatic heterocycles. The zero-order valence-corrected chi connectivity index (χ0v) is 8.97. The maximum Gasteiger partial charge on any atom is 0.0238 e. The topological polar surface area (TPSA) is 12.0 Å². The predicted molar refractivity (Wildman–Crippen MR) is 57.0 cm³/mol. The molecule has 1 heterocycles. The molecule has 1 spiro atoms. The third-order valence-corrected chi connectivity index (χ3v) is 5.82. The predicted octanol–water partition coefficient (Wildman–Crippen LogP) is 2.56. The summed E-state index contributed by atoms with van der Waals surface area (Å²) in [6, 6.07) is 0. The fraction of sp³-hybridized carbons (Fsp3) is 1.00. The fourth-order valence-electron chi connectivity index (χ4n) is 5.51. The van der Waals surface area contributed by atoms with Crippen LogP contribution in [0, 0.1) is 23.7 Å².